The zero-order chi connectivity index (χ0) is 17.3. The van der Waals surface area contributed by atoms with Gasteiger partial charge in [0.05, 0.1) is 15.9 Å². The Morgan fingerprint density at radius 2 is 1.40 bits per heavy atom. The molecule has 0 atom stereocenters. The zero-order valence-electron chi connectivity index (χ0n) is 14.9. The molecule has 0 bridgehead atoms. The third-order valence-electron chi connectivity index (χ3n) is 3.85. The molecule has 0 saturated heterocycles. The van der Waals surface area contributed by atoms with Gasteiger partial charge in [-0.05, 0) is 27.1 Å². The summed E-state index contributed by atoms with van der Waals surface area (Å²) in [4.78, 5) is 24.4. The number of carboxylic acid groups (broad SMARTS) is 1. The van der Waals surface area contributed by atoms with E-state index in [1.165, 1.54) is 0 Å². The summed E-state index contributed by atoms with van der Waals surface area (Å²) in [6.07, 6.45) is 0. The molecule has 4 nitrogen and oxygen atoms in total. The van der Waals surface area contributed by atoms with E-state index in [2.05, 4.69) is 15.9 Å². The average Bonchev–Trinajstić information content (AvgIpc) is 2.59. The first-order valence-electron chi connectivity index (χ1n) is 7.29. The number of aromatic nitrogens is 1. The molecule has 0 amide bonds. The van der Waals surface area contributed by atoms with Crippen LogP contribution < -0.4 is 35.0 Å². The molecule has 1 aromatic heterocycles. The summed E-state index contributed by atoms with van der Waals surface area (Å²) >= 11 is 3.30. The van der Waals surface area contributed by atoms with E-state index in [9.17, 15) is 14.7 Å². The molecule has 0 radical (unpaired) electrons. The van der Waals surface area contributed by atoms with E-state index < -0.39 is 11.4 Å². The molecule has 0 unspecified atom stereocenters. The van der Waals surface area contributed by atoms with Crippen LogP contribution in [-0.4, -0.2) is 15.6 Å². The van der Waals surface area contributed by atoms with Crippen molar-refractivity contribution in [2.75, 3.05) is 0 Å². The molecular weight excluding hydrogens is 393 g/mol. The summed E-state index contributed by atoms with van der Waals surface area (Å²) in [6, 6.07) is 18.5. The van der Waals surface area contributed by atoms with Crippen LogP contribution >= 0.6 is 15.9 Å². The van der Waals surface area contributed by atoms with Crippen molar-refractivity contribution >= 4 is 21.9 Å². The third-order valence-corrected chi connectivity index (χ3v) is 4.59. The number of aromatic carboxylic acids is 1. The quantitative estimate of drug-likeness (QED) is 0.665. The van der Waals surface area contributed by atoms with Crippen LogP contribution in [0.1, 0.15) is 11.8 Å². The zero-order valence-corrected chi connectivity index (χ0v) is 17.4. The van der Waals surface area contributed by atoms with Crippen molar-refractivity contribution in [3.05, 3.63) is 80.9 Å². The second-order valence-electron chi connectivity index (χ2n) is 5.31. The van der Waals surface area contributed by atoms with Crippen LogP contribution in [0.25, 0.3) is 22.5 Å². The number of nitrogens with zero attached hydrogens (tertiary/aromatic N) is 1. The van der Waals surface area contributed by atoms with E-state index in [-0.39, 0.29) is 41.0 Å². The van der Waals surface area contributed by atoms with Crippen LogP contribution in [-0.2, 0) is 7.05 Å². The fourth-order valence-corrected chi connectivity index (χ4v) is 3.49. The van der Waals surface area contributed by atoms with Gasteiger partial charge in [-0.25, -0.2) is 4.79 Å². The minimum atomic E-state index is -1.24. The van der Waals surface area contributed by atoms with E-state index >= 15 is 0 Å². The van der Waals surface area contributed by atoms with E-state index in [0.29, 0.717) is 17.0 Å². The summed E-state index contributed by atoms with van der Waals surface area (Å²) in [5.41, 5.74) is 1.77. The predicted octanol–water partition coefficient (Wildman–Crippen LogP) is 1.30. The van der Waals surface area contributed by atoms with Crippen LogP contribution in [0.4, 0.5) is 0 Å². The number of hydrogen-bond donors (Lipinski definition) is 1. The Labute approximate surface area is 177 Å². The molecule has 25 heavy (non-hydrogen) atoms. The Hall–Kier alpha value is -1.66. The first-order valence-corrected chi connectivity index (χ1v) is 8.08. The largest absolute Gasteiger partial charge is 1.00 e. The van der Waals surface area contributed by atoms with E-state index in [4.69, 9.17) is 0 Å². The van der Waals surface area contributed by atoms with Crippen molar-refractivity contribution in [1.82, 2.24) is 4.57 Å². The Morgan fingerprint density at radius 3 is 1.84 bits per heavy atom. The molecule has 0 fully saturated rings. The molecule has 122 valence electrons. The third kappa shape index (κ3) is 3.65. The minimum Gasteiger partial charge on any atom is -1.00 e. The van der Waals surface area contributed by atoms with Crippen molar-refractivity contribution in [2.45, 2.75) is 0 Å². The maximum absolute atomic E-state index is 12.7. The molecule has 0 aliphatic rings. The number of halogens is 1. The van der Waals surface area contributed by atoms with Gasteiger partial charge in [-0.15, -0.1) is 0 Å². The maximum Gasteiger partial charge on any atom is 1.00 e. The molecule has 6 heteroatoms. The van der Waals surface area contributed by atoms with Gasteiger partial charge in [0.1, 0.15) is 5.56 Å². The number of carbonyl (C=O) groups is 1. The van der Waals surface area contributed by atoms with Crippen molar-refractivity contribution in [3.63, 3.8) is 0 Å². The maximum atomic E-state index is 12.7. The second kappa shape index (κ2) is 8.15. The van der Waals surface area contributed by atoms with Crippen LogP contribution in [0.5, 0.6) is 0 Å². The van der Waals surface area contributed by atoms with Crippen LogP contribution in [0.2, 0.25) is 0 Å². The summed E-state index contributed by atoms with van der Waals surface area (Å²) in [5, 5.41) is 9.58. The molecule has 0 saturated carbocycles. The predicted molar refractivity (Wildman–Crippen MR) is 98.3 cm³/mol. The van der Waals surface area contributed by atoms with Gasteiger partial charge in [0, 0.05) is 7.05 Å². The van der Waals surface area contributed by atoms with Gasteiger partial charge in [0.15, 0.2) is 0 Å². The van der Waals surface area contributed by atoms with Gasteiger partial charge in [0.2, 0.25) is 5.43 Å². The van der Waals surface area contributed by atoms with Crippen molar-refractivity contribution in [3.8, 4) is 22.5 Å². The van der Waals surface area contributed by atoms with Crippen molar-refractivity contribution in [2.24, 2.45) is 7.05 Å². The van der Waals surface area contributed by atoms with E-state index in [1.54, 1.807) is 23.7 Å². The molecule has 3 rings (SSSR count). The Bertz CT molecular complexity index is 976. The Balaban J connectivity index is 0.00000169. The van der Waals surface area contributed by atoms with Crippen molar-refractivity contribution < 1.29 is 40.9 Å². The Kier molecular flexibility index (Phi) is 6.41. The minimum absolute atomic E-state index is 0. The molecule has 1 N–H and O–H groups in total. The Morgan fingerprint density at radius 1 is 0.960 bits per heavy atom. The summed E-state index contributed by atoms with van der Waals surface area (Å²) in [6.45, 7) is 0. The number of carboxylic acids is 1. The summed E-state index contributed by atoms with van der Waals surface area (Å²) in [5.74, 6) is -1.24. The molecule has 0 aliphatic carbocycles. The summed E-state index contributed by atoms with van der Waals surface area (Å²) in [7, 11) is 1.77. The standard InChI is InChI=1S/C19H14BrNO3.Na.H/c1-21-16(12-8-4-2-5-9-12)14(19(23)24)18(22)15(20)17(21)13-10-6-3-7-11-13;;/h2-11H,1H3,(H,23,24);;/q;+1;-1. The van der Waals surface area contributed by atoms with Crippen LogP contribution in [0, 0.1) is 0 Å². The second-order valence-corrected chi connectivity index (χ2v) is 6.10. The summed E-state index contributed by atoms with van der Waals surface area (Å²) < 4.78 is 1.99. The number of rotatable bonds is 3. The first-order chi connectivity index (χ1) is 11.5. The molecule has 0 spiro atoms. The van der Waals surface area contributed by atoms with E-state index in [1.807, 2.05) is 48.5 Å². The van der Waals surface area contributed by atoms with Gasteiger partial charge in [-0.2, -0.15) is 0 Å². The monoisotopic (exact) mass is 407 g/mol. The topological polar surface area (TPSA) is 59.3 Å². The molecule has 3 aromatic rings. The first kappa shape index (κ1) is 19.7. The molecular formula is C19H15BrNNaO3. The van der Waals surface area contributed by atoms with Gasteiger partial charge < -0.3 is 11.1 Å². The van der Waals surface area contributed by atoms with Gasteiger partial charge in [0.25, 0.3) is 0 Å². The van der Waals surface area contributed by atoms with E-state index in [0.717, 1.165) is 5.56 Å². The van der Waals surface area contributed by atoms with Crippen molar-refractivity contribution in [1.29, 1.82) is 0 Å². The number of hydrogen-bond acceptors (Lipinski definition) is 2. The van der Waals surface area contributed by atoms with Gasteiger partial charge in [-0.1, -0.05) is 60.7 Å². The SMILES string of the molecule is Cn1c(-c2ccccc2)c(Br)c(=O)c(C(=O)O)c1-c1ccccc1.[H-].[Na+]. The normalized spacial score (nSPS) is 10.2. The molecule has 0 aliphatic heterocycles. The van der Waals surface area contributed by atoms with Crippen LogP contribution in [0.3, 0.4) is 0 Å². The molecule has 1 heterocycles. The van der Waals surface area contributed by atoms with Gasteiger partial charge in [-0.3, -0.25) is 4.79 Å². The number of pyridine rings is 1. The van der Waals surface area contributed by atoms with Crippen LogP contribution in [0.15, 0.2) is 69.9 Å². The fourth-order valence-electron chi connectivity index (χ4n) is 2.80. The molecule has 2 aromatic carbocycles. The fraction of sp³-hybridized carbons (Fsp3) is 0.0526. The smallest absolute Gasteiger partial charge is 1.00 e. The average molecular weight is 408 g/mol. The number of benzene rings is 2. The van der Waals surface area contributed by atoms with Gasteiger partial charge >= 0.3 is 35.5 Å².